The summed E-state index contributed by atoms with van der Waals surface area (Å²) in [6.07, 6.45) is 9.17. The summed E-state index contributed by atoms with van der Waals surface area (Å²) in [7, 11) is 0. The van der Waals surface area contributed by atoms with Gasteiger partial charge in [0.1, 0.15) is 5.82 Å². The van der Waals surface area contributed by atoms with Gasteiger partial charge in [0.15, 0.2) is 0 Å². The number of fused-ring (bicyclic) bond motifs is 2. The maximum atomic E-state index is 12.6. The van der Waals surface area contributed by atoms with E-state index in [4.69, 9.17) is 5.73 Å². The molecule has 1 saturated heterocycles. The zero-order valence-electron chi connectivity index (χ0n) is 13.6. The summed E-state index contributed by atoms with van der Waals surface area (Å²) in [6.45, 7) is 2.21. The van der Waals surface area contributed by atoms with E-state index in [0.717, 1.165) is 31.6 Å². The summed E-state index contributed by atoms with van der Waals surface area (Å²) in [5, 5.41) is 2.98. The van der Waals surface area contributed by atoms with Crippen LogP contribution in [-0.2, 0) is 4.79 Å². The number of amides is 1. The van der Waals surface area contributed by atoms with Crippen LogP contribution in [0.1, 0.15) is 38.5 Å². The van der Waals surface area contributed by atoms with Crippen LogP contribution < -0.4 is 16.0 Å². The molecule has 2 aliphatic carbocycles. The summed E-state index contributed by atoms with van der Waals surface area (Å²) in [5.74, 6) is 1.69. The Bertz CT molecular complexity index is 565. The molecule has 3 aliphatic rings. The molecular weight excluding hydrogens is 288 g/mol. The lowest BCUT2D eigenvalue weighted by molar-refractivity contribution is -0.121. The Morgan fingerprint density at radius 1 is 1.17 bits per heavy atom. The normalized spacial score (nSPS) is 33.0. The number of hydrogen-bond donors (Lipinski definition) is 2. The van der Waals surface area contributed by atoms with Gasteiger partial charge in [0.25, 0.3) is 0 Å². The monoisotopic (exact) mass is 314 g/mol. The Morgan fingerprint density at radius 2 is 1.96 bits per heavy atom. The van der Waals surface area contributed by atoms with Crippen molar-refractivity contribution in [2.24, 2.45) is 23.5 Å². The molecule has 0 radical (unpaired) electrons. The van der Waals surface area contributed by atoms with Crippen molar-refractivity contribution in [2.75, 3.05) is 23.3 Å². The first-order valence-electron chi connectivity index (χ1n) is 9.00. The molecule has 124 valence electrons. The van der Waals surface area contributed by atoms with Gasteiger partial charge in [-0.15, -0.1) is 0 Å². The van der Waals surface area contributed by atoms with Gasteiger partial charge in [-0.25, -0.2) is 4.98 Å². The largest absolute Gasteiger partial charge is 0.370 e. The second-order valence-electron chi connectivity index (χ2n) is 7.37. The molecule has 4 rings (SSSR count). The maximum absolute atomic E-state index is 12.6. The van der Waals surface area contributed by atoms with Crippen LogP contribution in [0, 0.1) is 17.8 Å². The third-order valence-electron chi connectivity index (χ3n) is 6.00. The van der Waals surface area contributed by atoms with Gasteiger partial charge in [0.05, 0.1) is 17.8 Å². The molecule has 1 aromatic rings. The van der Waals surface area contributed by atoms with Crippen molar-refractivity contribution in [2.45, 2.75) is 44.6 Å². The van der Waals surface area contributed by atoms with Crippen LogP contribution >= 0.6 is 0 Å². The Morgan fingerprint density at radius 3 is 2.61 bits per heavy atom. The van der Waals surface area contributed by atoms with Gasteiger partial charge in [-0.2, -0.15) is 0 Å². The van der Waals surface area contributed by atoms with Crippen molar-refractivity contribution in [1.82, 2.24) is 4.98 Å². The van der Waals surface area contributed by atoms with Gasteiger partial charge in [-0.05, 0) is 62.5 Å². The maximum Gasteiger partial charge on any atom is 0.230 e. The molecule has 23 heavy (non-hydrogen) atoms. The molecule has 1 aliphatic heterocycles. The highest BCUT2D eigenvalue weighted by Gasteiger charge is 2.49. The second kappa shape index (κ2) is 6.11. The minimum absolute atomic E-state index is 0.0290. The zero-order valence-corrected chi connectivity index (χ0v) is 13.6. The summed E-state index contributed by atoms with van der Waals surface area (Å²) in [5.41, 5.74) is 7.40. The minimum atomic E-state index is -0.0303. The van der Waals surface area contributed by atoms with E-state index in [0.29, 0.717) is 17.7 Å². The van der Waals surface area contributed by atoms with E-state index in [2.05, 4.69) is 21.3 Å². The van der Waals surface area contributed by atoms with Crippen LogP contribution in [0.4, 0.5) is 11.5 Å². The van der Waals surface area contributed by atoms with Crippen LogP contribution in [0.2, 0.25) is 0 Å². The molecule has 3 fully saturated rings. The predicted octanol–water partition coefficient (Wildman–Crippen LogP) is 2.38. The predicted molar refractivity (Wildman–Crippen MR) is 91.2 cm³/mol. The first-order valence-corrected chi connectivity index (χ1v) is 9.00. The highest BCUT2D eigenvalue weighted by atomic mass is 16.2. The molecule has 4 unspecified atom stereocenters. The van der Waals surface area contributed by atoms with Crippen molar-refractivity contribution < 1.29 is 4.79 Å². The van der Waals surface area contributed by atoms with Gasteiger partial charge in [-0.1, -0.05) is 0 Å². The van der Waals surface area contributed by atoms with E-state index in [-0.39, 0.29) is 17.9 Å². The number of anilines is 2. The molecule has 0 aromatic carbocycles. The van der Waals surface area contributed by atoms with E-state index < -0.39 is 0 Å². The second-order valence-corrected chi connectivity index (χ2v) is 7.37. The van der Waals surface area contributed by atoms with Crippen molar-refractivity contribution in [3.63, 3.8) is 0 Å². The average molecular weight is 314 g/mol. The van der Waals surface area contributed by atoms with E-state index in [1.54, 1.807) is 0 Å². The fourth-order valence-electron chi connectivity index (χ4n) is 4.73. The minimum Gasteiger partial charge on any atom is -0.370 e. The Labute approximate surface area is 137 Å². The van der Waals surface area contributed by atoms with Crippen molar-refractivity contribution in [3.05, 3.63) is 18.3 Å². The molecule has 1 aromatic heterocycles. The summed E-state index contributed by atoms with van der Waals surface area (Å²) < 4.78 is 0. The first kappa shape index (κ1) is 14.9. The van der Waals surface area contributed by atoms with Crippen LogP contribution in [0.3, 0.4) is 0 Å². The molecule has 5 nitrogen and oxygen atoms in total. The smallest absolute Gasteiger partial charge is 0.230 e. The SMILES string of the molecule is NC1C2CCC(C2)C1C(=O)Nc1ccc(N2CCCCC2)cn1. The molecule has 2 heterocycles. The topological polar surface area (TPSA) is 71.2 Å². The number of carbonyl (C=O) groups is 1. The fourth-order valence-corrected chi connectivity index (χ4v) is 4.73. The van der Waals surface area contributed by atoms with Crippen LogP contribution in [0.5, 0.6) is 0 Å². The molecule has 2 bridgehead atoms. The lowest BCUT2D eigenvalue weighted by Gasteiger charge is -2.29. The van der Waals surface area contributed by atoms with Gasteiger partial charge in [0.2, 0.25) is 5.91 Å². The highest BCUT2D eigenvalue weighted by Crippen LogP contribution is 2.47. The molecule has 4 atom stereocenters. The van der Waals surface area contributed by atoms with E-state index in [9.17, 15) is 4.79 Å². The van der Waals surface area contributed by atoms with E-state index in [1.807, 2.05) is 12.3 Å². The number of hydrogen-bond acceptors (Lipinski definition) is 4. The highest BCUT2D eigenvalue weighted by molar-refractivity contribution is 5.92. The van der Waals surface area contributed by atoms with Crippen molar-refractivity contribution in [3.8, 4) is 0 Å². The van der Waals surface area contributed by atoms with Crippen LogP contribution in [0.15, 0.2) is 18.3 Å². The van der Waals surface area contributed by atoms with Crippen molar-refractivity contribution >= 4 is 17.4 Å². The van der Waals surface area contributed by atoms with Gasteiger partial charge < -0.3 is 16.0 Å². The standard InChI is InChI=1S/C18H26N4O/c19-17-13-5-4-12(10-13)16(17)18(23)21-15-7-6-14(11-20-15)22-8-2-1-3-9-22/h6-7,11-13,16-17H,1-5,8-10,19H2,(H,20,21,23). The Hall–Kier alpha value is -1.62. The average Bonchev–Trinajstić information content (AvgIpc) is 3.17. The number of nitrogens with two attached hydrogens (primary N) is 1. The molecular formula is C18H26N4O. The summed E-state index contributed by atoms with van der Waals surface area (Å²) in [6, 6.07) is 4.01. The number of aromatic nitrogens is 1. The van der Waals surface area contributed by atoms with Gasteiger partial charge in [0, 0.05) is 19.1 Å². The van der Waals surface area contributed by atoms with Crippen molar-refractivity contribution in [1.29, 1.82) is 0 Å². The van der Waals surface area contributed by atoms with Gasteiger partial charge >= 0.3 is 0 Å². The zero-order chi connectivity index (χ0) is 15.8. The number of pyridine rings is 1. The first-order chi connectivity index (χ1) is 11.2. The number of nitrogens with zero attached hydrogens (tertiary/aromatic N) is 2. The quantitative estimate of drug-likeness (QED) is 0.898. The fraction of sp³-hybridized carbons (Fsp3) is 0.667. The molecule has 0 spiro atoms. The third kappa shape index (κ3) is 2.82. The van der Waals surface area contributed by atoms with Gasteiger partial charge in [-0.3, -0.25) is 4.79 Å². The molecule has 1 amide bonds. The molecule has 5 heteroatoms. The Balaban J connectivity index is 1.40. The summed E-state index contributed by atoms with van der Waals surface area (Å²) in [4.78, 5) is 19.4. The summed E-state index contributed by atoms with van der Waals surface area (Å²) >= 11 is 0. The molecule has 3 N–H and O–H groups in total. The van der Waals surface area contributed by atoms with E-state index in [1.165, 1.54) is 25.7 Å². The lowest BCUT2D eigenvalue weighted by atomic mass is 9.84. The lowest BCUT2D eigenvalue weighted by Crippen LogP contribution is -2.42. The number of carbonyl (C=O) groups excluding carboxylic acids is 1. The Kier molecular flexibility index (Phi) is 3.97. The number of nitrogens with one attached hydrogen (secondary N) is 1. The van der Waals surface area contributed by atoms with Crippen LogP contribution in [-0.4, -0.2) is 30.0 Å². The number of rotatable bonds is 3. The number of piperidine rings is 1. The van der Waals surface area contributed by atoms with Crippen LogP contribution in [0.25, 0.3) is 0 Å². The third-order valence-corrected chi connectivity index (χ3v) is 6.00. The van der Waals surface area contributed by atoms with E-state index >= 15 is 0 Å². The molecule has 2 saturated carbocycles.